The van der Waals surface area contributed by atoms with Crippen LogP contribution in [0.5, 0.6) is 0 Å². The van der Waals surface area contributed by atoms with Crippen LogP contribution in [0.4, 0.5) is 0 Å². The molecule has 0 N–H and O–H groups in total. The highest BCUT2D eigenvalue weighted by Crippen LogP contribution is 2.19. The molecule has 7 heteroatoms. The molecule has 1 aliphatic rings. The van der Waals surface area contributed by atoms with Gasteiger partial charge in [-0.2, -0.15) is 0 Å². The van der Waals surface area contributed by atoms with Crippen molar-refractivity contribution in [1.82, 2.24) is 0 Å². The maximum absolute atomic E-state index is 12.1. The number of rotatable bonds is 6. The molecule has 2 rings (SSSR count). The van der Waals surface area contributed by atoms with Crippen LogP contribution in [-0.4, -0.2) is 49.4 Å². The molecule has 1 aromatic rings. The summed E-state index contributed by atoms with van der Waals surface area (Å²) in [6.07, 6.45) is 0.961. The van der Waals surface area contributed by atoms with Crippen LogP contribution in [0.25, 0.3) is 0 Å². The summed E-state index contributed by atoms with van der Waals surface area (Å²) in [6.45, 7) is 2.57. The van der Waals surface area contributed by atoms with Gasteiger partial charge < -0.3 is 18.9 Å². The molecular formula is C18H20O7. The summed E-state index contributed by atoms with van der Waals surface area (Å²) < 4.78 is 21.2. The summed E-state index contributed by atoms with van der Waals surface area (Å²) >= 11 is 0. The van der Waals surface area contributed by atoms with E-state index in [1.54, 1.807) is 42.5 Å². The number of hydrogen-bond acceptors (Lipinski definition) is 7. The van der Waals surface area contributed by atoms with E-state index in [2.05, 4.69) is 0 Å². The van der Waals surface area contributed by atoms with Crippen LogP contribution in [0.1, 0.15) is 24.2 Å². The van der Waals surface area contributed by atoms with E-state index in [-0.39, 0.29) is 13.2 Å². The number of hydrogen-bond donors (Lipinski definition) is 0. The lowest BCUT2D eigenvalue weighted by Gasteiger charge is -2.32. The monoisotopic (exact) mass is 348 g/mol. The first-order chi connectivity index (χ1) is 12.0. The number of esters is 3. The molecule has 0 aromatic heterocycles. The fourth-order valence-corrected chi connectivity index (χ4v) is 2.40. The van der Waals surface area contributed by atoms with E-state index in [1.165, 1.54) is 13.8 Å². The molecule has 134 valence electrons. The number of carbonyl (C=O) groups excluding carboxylic acids is 3. The zero-order valence-corrected chi connectivity index (χ0v) is 14.0. The quantitative estimate of drug-likeness (QED) is 0.439. The summed E-state index contributed by atoms with van der Waals surface area (Å²) in [6, 6.07) is 8.44. The lowest BCUT2D eigenvalue weighted by Crippen LogP contribution is -2.47. The van der Waals surface area contributed by atoms with Gasteiger partial charge in [0.25, 0.3) is 0 Å². The second kappa shape index (κ2) is 8.98. The summed E-state index contributed by atoms with van der Waals surface area (Å²) in [4.78, 5) is 34.7. The first kappa shape index (κ1) is 18.7. The second-order valence-corrected chi connectivity index (χ2v) is 5.41. The zero-order chi connectivity index (χ0) is 18.2. The minimum absolute atomic E-state index is 0.219. The average molecular weight is 348 g/mol. The second-order valence-electron chi connectivity index (χ2n) is 5.41. The molecule has 25 heavy (non-hydrogen) atoms. The minimum atomic E-state index is -0.903. The summed E-state index contributed by atoms with van der Waals surface area (Å²) in [5.41, 5.74) is 0.380. The Morgan fingerprint density at radius 1 is 1.16 bits per heavy atom. The van der Waals surface area contributed by atoms with Gasteiger partial charge in [-0.25, -0.2) is 4.79 Å². The van der Waals surface area contributed by atoms with Gasteiger partial charge in [0.05, 0.1) is 12.2 Å². The number of benzene rings is 1. The van der Waals surface area contributed by atoms with E-state index < -0.39 is 36.2 Å². The third-order valence-electron chi connectivity index (χ3n) is 3.41. The molecule has 3 atom stereocenters. The van der Waals surface area contributed by atoms with Crippen molar-refractivity contribution < 1.29 is 33.3 Å². The molecule has 7 nitrogen and oxygen atoms in total. The van der Waals surface area contributed by atoms with Crippen molar-refractivity contribution in [2.45, 2.75) is 32.2 Å². The Kier molecular flexibility index (Phi) is 6.71. The number of carbonyl (C=O) groups is 3. The molecule has 0 radical (unpaired) electrons. The largest absolute Gasteiger partial charge is 0.458 e. The van der Waals surface area contributed by atoms with Crippen LogP contribution in [0.15, 0.2) is 42.5 Å². The Hall–Kier alpha value is -2.67. The molecule has 0 unspecified atom stereocenters. The highest BCUT2D eigenvalue weighted by atomic mass is 16.6. The first-order valence-electron chi connectivity index (χ1n) is 7.82. The van der Waals surface area contributed by atoms with Crippen molar-refractivity contribution in [1.29, 1.82) is 0 Å². The van der Waals surface area contributed by atoms with Gasteiger partial charge in [0.15, 0.2) is 6.10 Å². The topological polar surface area (TPSA) is 88.1 Å². The maximum atomic E-state index is 12.1. The van der Waals surface area contributed by atoms with E-state index in [0.29, 0.717) is 5.56 Å². The third-order valence-corrected chi connectivity index (χ3v) is 3.41. The van der Waals surface area contributed by atoms with Gasteiger partial charge >= 0.3 is 17.9 Å². The Bertz CT molecular complexity index is 638. The first-order valence-corrected chi connectivity index (χ1v) is 7.82. The average Bonchev–Trinajstić information content (AvgIpc) is 2.59. The smallest absolute Gasteiger partial charge is 0.338 e. The van der Waals surface area contributed by atoms with E-state index >= 15 is 0 Å². The van der Waals surface area contributed by atoms with Crippen molar-refractivity contribution in [2.24, 2.45) is 0 Å². The minimum Gasteiger partial charge on any atom is -0.458 e. The molecule has 0 aliphatic carbocycles. The molecule has 1 aromatic carbocycles. The van der Waals surface area contributed by atoms with E-state index in [0.717, 1.165) is 0 Å². The van der Waals surface area contributed by atoms with Gasteiger partial charge in [0.1, 0.15) is 18.8 Å². The van der Waals surface area contributed by atoms with Crippen molar-refractivity contribution >= 4 is 17.9 Å². The SMILES string of the molecule is CC(=O)O[C@@H]1C=CCO[C@@H]1[C@@H](COC(=O)c1ccccc1)OC(C)=O. The van der Waals surface area contributed by atoms with E-state index in [4.69, 9.17) is 18.9 Å². The Labute approximate surface area is 145 Å². The molecule has 0 bridgehead atoms. The van der Waals surface area contributed by atoms with Gasteiger partial charge in [-0.15, -0.1) is 0 Å². The van der Waals surface area contributed by atoms with Gasteiger partial charge in [-0.05, 0) is 18.2 Å². The maximum Gasteiger partial charge on any atom is 0.338 e. The van der Waals surface area contributed by atoms with Gasteiger partial charge in [0, 0.05) is 13.8 Å². The van der Waals surface area contributed by atoms with Crippen LogP contribution in [0, 0.1) is 0 Å². The predicted molar refractivity (Wildman–Crippen MR) is 86.7 cm³/mol. The van der Waals surface area contributed by atoms with Gasteiger partial charge in [0.2, 0.25) is 0 Å². The standard InChI is InChI=1S/C18H20O7/c1-12(19)24-15-9-6-10-22-17(15)16(25-13(2)20)11-23-18(21)14-7-4-3-5-8-14/h3-9,15-17H,10-11H2,1-2H3/t15-,16-,17+/m1/s1. The molecule has 1 heterocycles. The summed E-state index contributed by atoms with van der Waals surface area (Å²) in [5, 5.41) is 0. The van der Waals surface area contributed by atoms with Crippen molar-refractivity contribution in [3.05, 3.63) is 48.0 Å². The molecule has 0 saturated carbocycles. The molecule has 0 saturated heterocycles. The van der Waals surface area contributed by atoms with Crippen LogP contribution in [0.3, 0.4) is 0 Å². The predicted octanol–water partition coefficient (Wildman–Crippen LogP) is 1.66. The number of ether oxygens (including phenoxy) is 4. The van der Waals surface area contributed by atoms with Crippen molar-refractivity contribution in [3.8, 4) is 0 Å². The van der Waals surface area contributed by atoms with Crippen LogP contribution >= 0.6 is 0 Å². The zero-order valence-electron chi connectivity index (χ0n) is 14.0. The lowest BCUT2D eigenvalue weighted by atomic mass is 10.1. The summed E-state index contributed by atoms with van der Waals surface area (Å²) in [5.74, 6) is -1.60. The molecule has 1 aliphatic heterocycles. The Balaban J connectivity index is 2.06. The van der Waals surface area contributed by atoms with Gasteiger partial charge in [-0.1, -0.05) is 24.3 Å². The Morgan fingerprint density at radius 2 is 1.88 bits per heavy atom. The van der Waals surface area contributed by atoms with Crippen LogP contribution in [-0.2, 0) is 28.5 Å². The van der Waals surface area contributed by atoms with E-state index in [1.807, 2.05) is 0 Å². The molecule has 0 fully saturated rings. The van der Waals surface area contributed by atoms with Crippen molar-refractivity contribution in [2.75, 3.05) is 13.2 Å². The highest BCUT2D eigenvalue weighted by molar-refractivity contribution is 5.89. The normalized spacial score (nSPS) is 20.4. The molecule has 0 amide bonds. The third kappa shape index (κ3) is 5.72. The van der Waals surface area contributed by atoms with Crippen molar-refractivity contribution in [3.63, 3.8) is 0 Å². The fourth-order valence-electron chi connectivity index (χ4n) is 2.40. The molecular weight excluding hydrogens is 328 g/mol. The summed E-state index contributed by atoms with van der Waals surface area (Å²) in [7, 11) is 0. The fraction of sp³-hybridized carbons (Fsp3) is 0.389. The Morgan fingerprint density at radius 3 is 2.52 bits per heavy atom. The molecule has 0 spiro atoms. The van der Waals surface area contributed by atoms with E-state index in [9.17, 15) is 14.4 Å². The lowest BCUT2D eigenvalue weighted by molar-refractivity contribution is -0.174. The van der Waals surface area contributed by atoms with Crippen LogP contribution < -0.4 is 0 Å². The van der Waals surface area contributed by atoms with Gasteiger partial charge in [-0.3, -0.25) is 9.59 Å². The highest BCUT2D eigenvalue weighted by Gasteiger charge is 2.36. The van der Waals surface area contributed by atoms with Crippen LogP contribution in [0.2, 0.25) is 0 Å².